The first-order valence-electron chi connectivity index (χ1n) is 10.9. The van der Waals surface area contributed by atoms with Gasteiger partial charge in [0.1, 0.15) is 0 Å². The van der Waals surface area contributed by atoms with Crippen molar-refractivity contribution in [2.75, 3.05) is 19.8 Å². The lowest BCUT2D eigenvalue weighted by Gasteiger charge is -2.45. The highest BCUT2D eigenvalue weighted by Crippen LogP contribution is 2.29. The standard InChI is InChI=1S/C24H25N7O2/c1-18-6-7-22(31-27-10-11-28-31)21(14-18)23(32)29-12-13-33-17-24(29,2)16-19-4-3-5-20(15-19)30-25-8-9-26-30/h3-11,14-15H,12-13,16-17H2,1-2H3. The van der Waals surface area contributed by atoms with Crippen molar-refractivity contribution in [3.8, 4) is 11.4 Å². The highest BCUT2D eigenvalue weighted by Gasteiger charge is 2.39. The van der Waals surface area contributed by atoms with Gasteiger partial charge in [0.25, 0.3) is 5.91 Å². The summed E-state index contributed by atoms with van der Waals surface area (Å²) in [7, 11) is 0. The smallest absolute Gasteiger partial charge is 0.256 e. The number of morpholine rings is 1. The number of hydrogen-bond donors (Lipinski definition) is 0. The zero-order valence-electron chi connectivity index (χ0n) is 18.6. The maximum absolute atomic E-state index is 13.9. The molecule has 1 aliphatic heterocycles. The predicted octanol–water partition coefficient (Wildman–Crippen LogP) is 2.63. The van der Waals surface area contributed by atoms with Crippen LogP contribution < -0.4 is 0 Å². The normalized spacial score (nSPS) is 18.4. The molecule has 0 radical (unpaired) electrons. The Kier molecular flexibility index (Phi) is 5.47. The molecule has 33 heavy (non-hydrogen) atoms. The quantitative estimate of drug-likeness (QED) is 0.471. The predicted molar refractivity (Wildman–Crippen MR) is 121 cm³/mol. The molecule has 9 heteroatoms. The summed E-state index contributed by atoms with van der Waals surface area (Å²) in [5.74, 6) is -0.0540. The number of nitrogens with zero attached hydrogens (tertiary/aromatic N) is 7. The van der Waals surface area contributed by atoms with Gasteiger partial charge in [-0.3, -0.25) is 4.79 Å². The number of ether oxygens (including phenoxy) is 1. The fraction of sp³-hybridized carbons (Fsp3) is 0.292. The third-order valence-electron chi connectivity index (χ3n) is 5.93. The molecule has 2 aromatic carbocycles. The SMILES string of the molecule is Cc1ccc(-n2nccn2)c(C(=O)N2CCOCC2(C)Cc2cccc(-n3nccn3)c2)c1. The summed E-state index contributed by atoms with van der Waals surface area (Å²) in [6.07, 6.45) is 7.15. The van der Waals surface area contributed by atoms with Crippen molar-refractivity contribution in [1.29, 1.82) is 0 Å². The fourth-order valence-corrected chi connectivity index (χ4v) is 4.35. The zero-order chi connectivity index (χ0) is 22.8. The van der Waals surface area contributed by atoms with Gasteiger partial charge in [0.05, 0.1) is 60.5 Å². The van der Waals surface area contributed by atoms with Crippen molar-refractivity contribution in [1.82, 2.24) is 34.9 Å². The van der Waals surface area contributed by atoms with Gasteiger partial charge in [-0.25, -0.2) is 0 Å². The van der Waals surface area contributed by atoms with Crippen LogP contribution in [0, 0.1) is 6.92 Å². The number of aromatic nitrogens is 6. The Morgan fingerprint density at radius 3 is 2.48 bits per heavy atom. The van der Waals surface area contributed by atoms with Crippen LogP contribution in [0.5, 0.6) is 0 Å². The van der Waals surface area contributed by atoms with Crippen LogP contribution in [0.3, 0.4) is 0 Å². The first-order chi connectivity index (χ1) is 16.0. The van der Waals surface area contributed by atoms with Gasteiger partial charge < -0.3 is 9.64 Å². The molecule has 0 bridgehead atoms. The van der Waals surface area contributed by atoms with E-state index in [9.17, 15) is 4.79 Å². The van der Waals surface area contributed by atoms with Crippen LogP contribution >= 0.6 is 0 Å². The molecule has 0 saturated carbocycles. The van der Waals surface area contributed by atoms with Crippen molar-refractivity contribution in [3.63, 3.8) is 0 Å². The molecule has 1 amide bonds. The second-order valence-corrected chi connectivity index (χ2v) is 8.51. The highest BCUT2D eigenvalue weighted by atomic mass is 16.5. The van der Waals surface area contributed by atoms with Crippen LogP contribution in [0.25, 0.3) is 11.4 Å². The molecule has 168 valence electrons. The Morgan fingerprint density at radius 1 is 1.00 bits per heavy atom. The molecule has 2 aromatic heterocycles. The van der Waals surface area contributed by atoms with Gasteiger partial charge in [-0.15, -0.1) is 0 Å². The molecule has 0 N–H and O–H groups in total. The number of rotatable bonds is 5. The molecule has 1 aliphatic rings. The van der Waals surface area contributed by atoms with E-state index in [0.29, 0.717) is 37.4 Å². The first-order valence-corrected chi connectivity index (χ1v) is 10.9. The summed E-state index contributed by atoms with van der Waals surface area (Å²) in [5, 5.41) is 16.9. The summed E-state index contributed by atoms with van der Waals surface area (Å²) in [6, 6.07) is 13.8. The molecular formula is C24H25N7O2. The second kappa shape index (κ2) is 8.59. The number of benzene rings is 2. The number of amides is 1. The van der Waals surface area contributed by atoms with Gasteiger partial charge in [-0.1, -0.05) is 23.8 Å². The lowest BCUT2D eigenvalue weighted by Crippen LogP contribution is -2.58. The van der Waals surface area contributed by atoms with E-state index in [2.05, 4.69) is 33.4 Å². The first kappa shape index (κ1) is 21.0. The minimum Gasteiger partial charge on any atom is -0.377 e. The molecule has 0 aliphatic carbocycles. The average molecular weight is 444 g/mol. The summed E-state index contributed by atoms with van der Waals surface area (Å²) < 4.78 is 5.85. The van der Waals surface area contributed by atoms with E-state index < -0.39 is 5.54 Å². The third kappa shape index (κ3) is 4.14. The largest absolute Gasteiger partial charge is 0.377 e. The molecule has 1 atom stereocenters. The second-order valence-electron chi connectivity index (χ2n) is 8.51. The van der Waals surface area contributed by atoms with E-state index in [4.69, 9.17) is 4.74 Å². The lowest BCUT2D eigenvalue weighted by molar-refractivity contribution is -0.0449. The number of hydrogen-bond acceptors (Lipinski definition) is 6. The summed E-state index contributed by atoms with van der Waals surface area (Å²) in [6.45, 7) is 5.51. The van der Waals surface area contributed by atoms with E-state index in [1.165, 1.54) is 4.80 Å². The fourth-order valence-electron chi connectivity index (χ4n) is 4.35. The van der Waals surface area contributed by atoms with E-state index in [1.807, 2.05) is 48.2 Å². The topological polar surface area (TPSA) is 91.0 Å². The Hall–Kier alpha value is -3.85. The molecule has 4 aromatic rings. The van der Waals surface area contributed by atoms with Gasteiger partial charge in [-0.2, -0.15) is 30.0 Å². The molecular weight excluding hydrogens is 418 g/mol. The minimum atomic E-state index is -0.524. The van der Waals surface area contributed by atoms with Crippen LogP contribution in [0.4, 0.5) is 0 Å². The van der Waals surface area contributed by atoms with Gasteiger partial charge in [0.15, 0.2) is 0 Å². The molecule has 1 fully saturated rings. The monoisotopic (exact) mass is 443 g/mol. The van der Waals surface area contributed by atoms with Crippen LogP contribution in [-0.4, -0.2) is 66.1 Å². The zero-order valence-corrected chi connectivity index (χ0v) is 18.6. The summed E-state index contributed by atoms with van der Waals surface area (Å²) in [5.41, 5.74) is 3.67. The van der Waals surface area contributed by atoms with E-state index >= 15 is 0 Å². The van der Waals surface area contributed by atoms with Gasteiger partial charge in [-0.05, 0) is 50.1 Å². The van der Waals surface area contributed by atoms with Gasteiger partial charge in [0.2, 0.25) is 0 Å². The Labute approximate surface area is 191 Å². The van der Waals surface area contributed by atoms with Gasteiger partial charge in [0, 0.05) is 6.54 Å². The van der Waals surface area contributed by atoms with E-state index in [-0.39, 0.29) is 5.91 Å². The van der Waals surface area contributed by atoms with E-state index in [1.54, 1.807) is 29.6 Å². The molecule has 1 unspecified atom stereocenters. The maximum Gasteiger partial charge on any atom is 0.256 e. The average Bonchev–Trinajstić information content (AvgIpc) is 3.53. The van der Waals surface area contributed by atoms with E-state index in [0.717, 1.165) is 16.8 Å². The molecule has 5 rings (SSSR count). The van der Waals surface area contributed by atoms with Crippen LogP contribution in [0.2, 0.25) is 0 Å². The van der Waals surface area contributed by atoms with Crippen molar-refractivity contribution in [2.24, 2.45) is 0 Å². The third-order valence-corrected chi connectivity index (χ3v) is 5.93. The van der Waals surface area contributed by atoms with Crippen LogP contribution in [0.1, 0.15) is 28.4 Å². The Morgan fingerprint density at radius 2 is 1.73 bits per heavy atom. The van der Waals surface area contributed by atoms with Crippen molar-refractivity contribution in [3.05, 3.63) is 83.9 Å². The Bertz CT molecular complexity index is 1250. The highest BCUT2D eigenvalue weighted by molar-refractivity contribution is 5.98. The van der Waals surface area contributed by atoms with Crippen molar-refractivity contribution < 1.29 is 9.53 Å². The van der Waals surface area contributed by atoms with Gasteiger partial charge >= 0.3 is 0 Å². The number of carbonyl (C=O) groups is 1. The van der Waals surface area contributed by atoms with Crippen molar-refractivity contribution in [2.45, 2.75) is 25.8 Å². The lowest BCUT2D eigenvalue weighted by atomic mass is 9.89. The minimum absolute atomic E-state index is 0.0540. The molecule has 9 nitrogen and oxygen atoms in total. The molecule has 3 heterocycles. The number of aryl methyl sites for hydroxylation is 1. The van der Waals surface area contributed by atoms with Crippen LogP contribution in [-0.2, 0) is 11.2 Å². The Balaban J connectivity index is 1.48. The maximum atomic E-state index is 13.9. The molecule has 1 saturated heterocycles. The number of carbonyl (C=O) groups excluding carboxylic acids is 1. The summed E-state index contributed by atoms with van der Waals surface area (Å²) >= 11 is 0. The van der Waals surface area contributed by atoms with Crippen molar-refractivity contribution >= 4 is 5.91 Å². The molecule has 0 spiro atoms. The van der Waals surface area contributed by atoms with Crippen LogP contribution in [0.15, 0.2) is 67.3 Å². The summed E-state index contributed by atoms with van der Waals surface area (Å²) in [4.78, 5) is 18.9.